The van der Waals surface area contributed by atoms with Crippen LogP contribution in [-0.4, -0.2) is 16.7 Å². The summed E-state index contributed by atoms with van der Waals surface area (Å²) >= 11 is 0. The van der Waals surface area contributed by atoms with Crippen LogP contribution >= 0.6 is 0 Å². The van der Waals surface area contributed by atoms with Crippen LogP contribution in [0, 0.1) is 0 Å². The Morgan fingerprint density at radius 2 is 1.70 bits per heavy atom. The fourth-order valence-electron chi connectivity index (χ4n) is 3.19. The van der Waals surface area contributed by atoms with Gasteiger partial charge in [0.1, 0.15) is 5.82 Å². The van der Waals surface area contributed by atoms with E-state index < -0.39 is 0 Å². The molecule has 0 saturated carbocycles. The van der Waals surface area contributed by atoms with E-state index in [9.17, 15) is 0 Å². The number of benzene rings is 2. The number of anilines is 2. The Morgan fingerprint density at radius 1 is 1.00 bits per heavy atom. The van der Waals surface area contributed by atoms with Crippen molar-refractivity contribution in [2.24, 2.45) is 5.73 Å². The van der Waals surface area contributed by atoms with E-state index in [2.05, 4.69) is 66.8 Å². The molecule has 3 rings (SSSR count). The Balaban J connectivity index is 1.70. The number of nitrogens with two attached hydrogens (primary N) is 2. The zero-order valence-electron chi connectivity index (χ0n) is 17.9. The molecule has 0 unspecified atom stereocenters. The Bertz CT molecular complexity index is 1060. The average Bonchev–Trinajstić information content (AvgIpc) is 2.73. The van der Waals surface area contributed by atoms with Crippen LogP contribution in [0.2, 0.25) is 0 Å². The molecule has 0 aliphatic rings. The summed E-state index contributed by atoms with van der Waals surface area (Å²) in [6, 6.07) is 18.0. The minimum Gasteiger partial charge on any atom is -0.399 e. The third-order valence-corrected chi connectivity index (χ3v) is 5.23. The van der Waals surface area contributed by atoms with Crippen molar-refractivity contribution in [1.29, 1.82) is 0 Å². The standard InChI is InChI=1S/C25H29N5/c1-16(2)18-6-9-20(10-7-18)25(4,5)15-28-24-13-12-23(29-30-24)19-8-11-22(27)21(14-19)17(3)26/h6-14H,1,3,15,26-27H2,2,4-5H3,(H,28,30). The molecule has 0 spiro atoms. The Labute approximate surface area is 178 Å². The molecule has 0 aliphatic carbocycles. The maximum Gasteiger partial charge on any atom is 0.148 e. The first-order chi connectivity index (χ1) is 14.2. The molecule has 1 heterocycles. The van der Waals surface area contributed by atoms with Gasteiger partial charge in [-0.15, -0.1) is 10.2 Å². The molecule has 154 valence electrons. The molecule has 2 aromatic carbocycles. The van der Waals surface area contributed by atoms with Crippen molar-refractivity contribution in [2.75, 3.05) is 17.6 Å². The Kier molecular flexibility index (Phi) is 5.92. The topological polar surface area (TPSA) is 89.8 Å². The fourth-order valence-corrected chi connectivity index (χ4v) is 3.19. The highest BCUT2D eigenvalue weighted by Gasteiger charge is 2.20. The minimum absolute atomic E-state index is 0.0682. The van der Waals surface area contributed by atoms with Gasteiger partial charge in [0.25, 0.3) is 0 Å². The van der Waals surface area contributed by atoms with Crippen LogP contribution < -0.4 is 16.8 Å². The van der Waals surface area contributed by atoms with Gasteiger partial charge in [-0.2, -0.15) is 0 Å². The number of nitrogens with zero attached hydrogens (tertiary/aromatic N) is 2. The lowest BCUT2D eigenvalue weighted by Crippen LogP contribution is -2.28. The van der Waals surface area contributed by atoms with Gasteiger partial charge >= 0.3 is 0 Å². The van der Waals surface area contributed by atoms with Crippen molar-refractivity contribution in [3.63, 3.8) is 0 Å². The fraction of sp³-hybridized carbons (Fsp3) is 0.200. The van der Waals surface area contributed by atoms with E-state index in [0.717, 1.165) is 40.3 Å². The van der Waals surface area contributed by atoms with Gasteiger partial charge in [-0.1, -0.05) is 62.9 Å². The lowest BCUT2D eigenvalue weighted by molar-refractivity contribution is 0.555. The van der Waals surface area contributed by atoms with Gasteiger partial charge in [0, 0.05) is 34.5 Å². The predicted molar refractivity (Wildman–Crippen MR) is 128 cm³/mol. The Morgan fingerprint density at radius 3 is 2.27 bits per heavy atom. The zero-order valence-corrected chi connectivity index (χ0v) is 17.9. The van der Waals surface area contributed by atoms with Crippen molar-refractivity contribution in [3.05, 3.63) is 84.4 Å². The Hall–Kier alpha value is -3.60. The van der Waals surface area contributed by atoms with Gasteiger partial charge in [-0.3, -0.25) is 0 Å². The van der Waals surface area contributed by atoms with Crippen LogP contribution in [0.25, 0.3) is 22.5 Å². The number of nitrogen functional groups attached to an aromatic ring is 1. The zero-order chi connectivity index (χ0) is 21.9. The molecule has 0 atom stereocenters. The number of allylic oxidation sites excluding steroid dienone is 1. The van der Waals surface area contributed by atoms with Crippen LogP contribution in [0.5, 0.6) is 0 Å². The van der Waals surface area contributed by atoms with Crippen LogP contribution in [0.4, 0.5) is 11.5 Å². The summed E-state index contributed by atoms with van der Waals surface area (Å²) in [6.45, 7) is 14.9. The van der Waals surface area contributed by atoms with E-state index in [1.807, 2.05) is 31.2 Å². The van der Waals surface area contributed by atoms with Gasteiger partial charge in [0.05, 0.1) is 5.69 Å². The van der Waals surface area contributed by atoms with Gasteiger partial charge in [-0.05, 0) is 42.3 Å². The lowest BCUT2D eigenvalue weighted by Gasteiger charge is -2.26. The van der Waals surface area contributed by atoms with Gasteiger partial charge < -0.3 is 16.8 Å². The SMILES string of the molecule is C=C(C)c1ccc(C(C)(C)CNc2ccc(-c3ccc(N)c(C(=C)N)c3)nn2)cc1. The molecule has 0 bridgehead atoms. The largest absolute Gasteiger partial charge is 0.399 e. The first kappa shape index (κ1) is 21.1. The summed E-state index contributed by atoms with van der Waals surface area (Å²) in [5.41, 5.74) is 18.6. The van der Waals surface area contributed by atoms with E-state index in [4.69, 9.17) is 11.5 Å². The van der Waals surface area contributed by atoms with Crippen molar-refractivity contribution < 1.29 is 0 Å². The van der Waals surface area contributed by atoms with Gasteiger partial charge in [0.2, 0.25) is 0 Å². The summed E-state index contributed by atoms with van der Waals surface area (Å²) < 4.78 is 0. The average molecular weight is 400 g/mol. The van der Waals surface area contributed by atoms with Gasteiger partial charge in [-0.25, -0.2) is 0 Å². The van der Waals surface area contributed by atoms with E-state index in [0.29, 0.717) is 11.4 Å². The van der Waals surface area contributed by atoms with Crippen LogP contribution in [-0.2, 0) is 5.41 Å². The number of hydrogen-bond donors (Lipinski definition) is 3. The molecule has 0 aliphatic heterocycles. The van der Waals surface area contributed by atoms with Crippen molar-refractivity contribution >= 4 is 22.8 Å². The molecule has 30 heavy (non-hydrogen) atoms. The summed E-state index contributed by atoms with van der Waals surface area (Å²) in [6.07, 6.45) is 0. The van der Waals surface area contributed by atoms with Crippen molar-refractivity contribution in [1.82, 2.24) is 10.2 Å². The minimum atomic E-state index is -0.0682. The van der Waals surface area contributed by atoms with Crippen molar-refractivity contribution in [3.8, 4) is 11.3 Å². The normalized spacial score (nSPS) is 11.2. The van der Waals surface area contributed by atoms with E-state index >= 15 is 0 Å². The highest BCUT2D eigenvalue weighted by molar-refractivity contribution is 5.77. The second-order valence-corrected chi connectivity index (χ2v) is 8.23. The van der Waals surface area contributed by atoms with E-state index in [-0.39, 0.29) is 5.41 Å². The van der Waals surface area contributed by atoms with E-state index in [1.54, 1.807) is 6.07 Å². The summed E-state index contributed by atoms with van der Waals surface area (Å²) in [5.74, 6) is 0.726. The van der Waals surface area contributed by atoms with Crippen LogP contribution in [0.3, 0.4) is 0 Å². The third-order valence-electron chi connectivity index (χ3n) is 5.23. The molecule has 1 aromatic heterocycles. The first-order valence-electron chi connectivity index (χ1n) is 9.86. The highest BCUT2D eigenvalue weighted by atomic mass is 15.2. The molecule has 0 fully saturated rings. The quantitative estimate of drug-likeness (QED) is 0.482. The molecule has 0 radical (unpaired) electrons. The lowest BCUT2D eigenvalue weighted by atomic mass is 9.84. The third kappa shape index (κ3) is 4.69. The van der Waals surface area contributed by atoms with Crippen LogP contribution in [0.15, 0.2) is 67.8 Å². The maximum absolute atomic E-state index is 5.95. The van der Waals surface area contributed by atoms with Crippen molar-refractivity contribution in [2.45, 2.75) is 26.2 Å². The van der Waals surface area contributed by atoms with Crippen LogP contribution in [0.1, 0.15) is 37.5 Å². The molecule has 0 saturated heterocycles. The monoisotopic (exact) mass is 399 g/mol. The predicted octanol–water partition coefficient (Wildman–Crippen LogP) is 5.08. The molecule has 3 aromatic rings. The second kappa shape index (κ2) is 8.41. The smallest absolute Gasteiger partial charge is 0.148 e. The molecular formula is C25H29N5. The molecule has 5 heteroatoms. The second-order valence-electron chi connectivity index (χ2n) is 8.23. The first-order valence-corrected chi connectivity index (χ1v) is 9.86. The molecule has 5 N–H and O–H groups in total. The number of nitrogens with one attached hydrogen (secondary N) is 1. The molecule has 0 amide bonds. The molecule has 5 nitrogen and oxygen atoms in total. The molecular weight excluding hydrogens is 370 g/mol. The number of aromatic nitrogens is 2. The number of rotatable bonds is 7. The van der Waals surface area contributed by atoms with Gasteiger partial charge in [0.15, 0.2) is 0 Å². The number of hydrogen-bond acceptors (Lipinski definition) is 5. The summed E-state index contributed by atoms with van der Waals surface area (Å²) in [7, 11) is 0. The summed E-state index contributed by atoms with van der Waals surface area (Å²) in [4.78, 5) is 0. The maximum atomic E-state index is 5.95. The highest BCUT2D eigenvalue weighted by Crippen LogP contribution is 2.27. The van der Waals surface area contributed by atoms with E-state index in [1.165, 1.54) is 5.56 Å². The summed E-state index contributed by atoms with van der Waals surface area (Å²) in [5, 5.41) is 12.1.